The van der Waals surface area contributed by atoms with E-state index in [1.807, 2.05) is 4.90 Å². The first kappa shape index (κ1) is 13.5. The zero-order valence-electron chi connectivity index (χ0n) is 11.5. The van der Waals surface area contributed by atoms with Gasteiger partial charge in [0.15, 0.2) is 0 Å². The number of hydrogen-bond donors (Lipinski definition) is 0. The molecule has 0 aromatic carbocycles. The number of amides is 1. The molecule has 1 atom stereocenters. The summed E-state index contributed by atoms with van der Waals surface area (Å²) in [5, 5.41) is 0. The van der Waals surface area contributed by atoms with Gasteiger partial charge in [-0.2, -0.15) is 0 Å². The predicted octanol–water partition coefficient (Wildman–Crippen LogP) is 1.30. The van der Waals surface area contributed by atoms with Crippen LogP contribution in [0.15, 0.2) is 0 Å². The smallest absolute Gasteiger partial charge is 0.236 e. The lowest BCUT2D eigenvalue weighted by atomic mass is 10.0. The summed E-state index contributed by atoms with van der Waals surface area (Å²) in [6.07, 6.45) is 3.50. The van der Waals surface area contributed by atoms with Gasteiger partial charge in [-0.05, 0) is 25.3 Å². The van der Waals surface area contributed by atoms with Gasteiger partial charge in [-0.1, -0.05) is 13.8 Å². The Hall–Kier alpha value is -0.900. The molecule has 0 aromatic rings. The van der Waals surface area contributed by atoms with Crippen molar-refractivity contribution in [3.8, 4) is 0 Å². The molecule has 2 aliphatic rings. The van der Waals surface area contributed by atoms with Crippen LogP contribution in [0.3, 0.4) is 0 Å². The van der Waals surface area contributed by atoms with Gasteiger partial charge in [0.25, 0.3) is 0 Å². The first-order valence-electron chi connectivity index (χ1n) is 7.11. The first-order chi connectivity index (χ1) is 8.58. The van der Waals surface area contributed by atoms with Gasteiger partial charge in [0.05, 0.1) is 6.54 Å². The second-order valence-electron chi connectivity index (χ2n) is 5.84. The van der Waals surface area contributed by atoms with E-state index < -0.39 is 0 Å². The van der Waals surface area contributed by atoms with Crippen molar-refractivity contribution < 1.29 is 9.59 Å². The zero-order valence-corrected chi connectivity index (χ0v) is 11.5. The van der Waals surface area contributed by atoms with Crippen LogP contribution in [0.4, 0.5) is 0 Å². The van der Waals surface area contributed by atoms with Crippen LogP contribution in [0, 0.1) is 5.92 Å². The van der Waals surface area contributed by atoms with Gasteiger partial charge in [0.2, 0.25) is 5.91 Å². The number of rotatable bonds is 3. The molecule has 0 radical (unpaired) electrons. The molecular formula is C14H24N2O2. The van der Waals surface area contributed by atoms with Gasteiger partial charge >= 0.3 is 0 Å². The third-order valence-corrected chi connectivity index (χ3v) is 4.20. The molecule has 4 nitrogen and oxygen atoms in total. The molecule has 2 saturated heterocycles. The minimum atomic E-state index is 0.204. The Morgan fingerprint density at radius 2 is 1.94 bits per heavy atom. The SMILES string of the molecule is CC(C)C1CCCN1CC(=O)N1CCC(=O)CC1. The van der Waals surface area contributed by atoms with E-state index in [0.717, 1.165) is 6.54 Å². The van der Waals surface area contributed by atoms with Crippen molar-refractivity contribution in [2.24, 2.45) is 5.92 Å². The summed E-state index contributed by atoms with van der Waals surface area (Å²) in [7, 11) is 0. The van der Waals surface area contributed by atoms with Crippen molar-refractivity contribution in [2.45, 2.75) is 45.6 Å². The summed E-state index contributed by atoms with van der Waals surface area (Å²) in [6, 6.07) is 0.556. The lowest BCUT2D eigenvalue weighted by Crippen LogP contribution is -2.46. The van der Waals surface area contributed by atoms with E-state index >= 15 is 0 Å². The second-order valence-corrected chi connectivity index (χ2v) is 5.84. The topological polar surface area (TPSA) is 40.6 Å². The van der Waals surface area contributed by atoms with Gasteiger partial charge in [-0.3, -0.25) is 14.5 Å². The van der Waals surface area contributed by atoms with Crippen LogP contribution >= 0.6 is 0 Å². The van der Waals surface area contributed by atoms with Gasteiger partial charge in [0, 0.05) is 32.0 Å². The maximum Gasteiger partial charge on any atom is 0.236 e. The fourth-order valence-electron chi connectivity index (χ4n) is 3.08. The maximum atomic E-state index is 12.2. The number of carbonyl (C=O) groups is 2. The third kappa shape index (κ3) is 3.10. The average Bonchev–Trinajstić information content (AvgIpc) is 2.78. The fraction of sp³-hybridized carbons (Fsp3) is 0.857. The number of carbonyl (C=O) groups excluding carboxylic acids is 2. The molecule has 0 N–H and O–H groups in total. The Morgan fingerprint density at radius 1 is 1.28 bits per heavy atom. The molecule has 0 bridgehead atoms. The number of Topliss-reactive ketones (excluding diaryl/α,β-unsaturated/α-hetero) is 1. The van der Waals surface area contributed by atoms with E-state index in [4.69, 9.17) is 0 Å². The quantitative estimate of drug-likeness (QED) is 0.760. The van der Waals surface area contributed by atoms with E-state index in [1.165, 1.54) is 12.8 Å². The van der Waals surface area contributed by atoms with Crippen LogP contribution in [0.25, 0.3) is 0 Å². The van der Waals surface area contributed by atoms with Gasteiger partial charge < -0.3 is 4.90 Å². The van der Waals surface area contributed by atoms with E-state index in [-0.39, 0.29) is 5.91 Å². The molecule has 1 amide bonds. The van der Waals surface area contributed by atoms with Crippen molar-refractivity contribution >= 4 is 11.7 Å². The van der Waals surface area contributed by atoms with Crippen molar-refractivity contribution in [3.05, 3.63) is 0 Å². The van der Waals surface area contributed by atoms with Gasteiger partial charge in [-0.25, -0.2) is 0 Å². The standard InChI is InChI=1S/C14H24N2O2/c1-11(2)13-4-3-7-16(13)10-14(18)15-8-5-12(17)6-9-15/h11,13H,3-10H2,1-2H3. The number of hydrogen-bond acceptors (Lipinski definition) is 3. The summed E-state index contributed by atoms with van der Waals surface area (Å²) in [5.41, 5.74) is 0. The predicted molar refractivity (Wildman–Crippen MR) is 70.3 cm³/mol. The van der Waals surface area contributed by atoms with Crippen molar-refractivity contribution in [1.29, 1.82) is 0 Å². The number of nitrogens with zero attached hydrogens (tertiary/aromatic N) is 2. The summed E-state index contributed by atoms with van der Waals surface area (Å²) in [6.45, 7) is 7.29. The Balaban J connectivity index is 1.85. The van der Waals surface area contributed by atoms with Crippen LogP contribution in [0.5, 0.6) is 0 Å². The van der Waals surface area contributed by atoms with E-state index in [0.29, 0.717) is 50.2 Å². The third-order valence-electron chi connectivity index (χ3n) is 4.20. The molecule has 102 valence electrons. The molecule has 2 aliphatic heterocycles. The highest BCUT2D eigenvalue weighted by Crippen LogP contribution is 2.23. The molecule has 0 spiro atoms. The zero-order chi connectivity index (χ0) is 13.1. The molecule has 0 aromatic heterocycles. The molecule has 4 heteroatoms. The highest BCUT2D eigenvalue weighted by Gasteiger charge is 2.30. The molecule has 2 rings (SSSR count). The van der Waals surface area contributed by atoms with E-state index in [9.17, 15) is 9.59 Å². The normalized spacial score (nSPS) is 26.1. The summed E-state index contributed by atoms with van der Waals surface area (Å²) >= 11 is 0. The van der Waals surface area contributed by atoms with Gasteiger partial charge in [-0.15, -0.1) is 0 Å². The maximum absolute atomic E-state index is 12.2. The summed E-state index contributed by atoms with van der Waals surface area (Å²) in [5.74, 6) is 1.11. The Kier molecular flexibility index (Phi) is 4.38. The second kappa shape index (κ2) is 5.83. The minimum Gasteiger partial charge on any atom is -0.341 e. The van der Waals surface area contributed by atoms with Crippen LogP contribution in [-0.2, 0) is 9.59 Å². The average molecular weight is 252 g/mol. The molecule has 0 aliphatic carbocycles. The van der Waals surface area contributed by atoms with E-state index in [1.54, 1.807) is 0 Å². The highest BCUT2D eigenvalue weighted by molar-refractivity contribution is 5.84. The summed E-state index contributed by atoms with van der Waals surface area (Å²) in [4.78, 5) is 27.6. The molecule has 2 heterocycles. The Morgan fingerprint density at radius 3 is 2.56 bits per heavy atom. The molecule has 2 fully saturated rings. The number of ketones is 1. The van der Waals surface area contributed by atoms with Crippen molar-refractivity contribution in [1.82, 2.24) is 9.80 Å². The first-order valence-corrected chi connectivity index (χ1v) is 7.11. The molecular weight excluding hydrogens is 228 g/mol. The lowest BCUT2D eigenvalue weighted by Gasteiger charge is -2.31. The fourth-order valence-corrected chi connectivity index (χ4v) is 3.08. The van der Waals surface area contributed by atoms with Crippen molar-refractivity contribution in [3.63, 3.8) is 0 Å². The Labute approximate surface area is 109 Å². The van der Waals surface area contributed by atoms with E-state index in [2.05, 4.69) is 18.7 Å². The highest BCUT2D eigenvalue weighted by atomic mass is 16.2. The van der Waals surface area contributed by atoms with Gasteiger partial charge in [0.1, 0.15) is 5.78 Å². The minimum absolute atomic E-state index is 0.204. The van der Waals surface area contributed by atoms with Crippen LogP contribution in [0.2, 0.25) is 0 Å². The lowest BCUT2D eigenvalue weighted by molar-refractivity contribution is -0.135. The van der Waals surface area contributed by atoms with Crippen LogP contribution < -0.4 is 0 Å². The van der Waals surface area contributed by atoms with Crippen LogP contribution in [-0.4, -0.2) is 53.7 Å². The Bertz CT molecular complexity index is 318. The molecule has 1 unspecified atom stereocenters. The molecule has 0 saturated carbocycles. The summed E-state index contributed by atoms with van der Waals surface area (Å²) < 4.78 is 0. The largest absolute Gasteiger partial charge is 0.341 e. The number of likely N-dealkylation sites (tertiary alicyclic amines) is 2. The number of piperidine rings is 1. The van der Waals surface area contributed by atoms with Crippen LogP contribution in [0.1, 0.15) is 39.5 Å². The van der Waals surface area contributed by atoms with Crippen molar-refractivity contribution in [2.75, 3.05) is 26.2 Å². The molecule has 18 heavy (non-hydrogen) atoms. The monoisotopic (exact) mass is 252 g/mol.